The Morgan fingerprint density at radius 3 is 2.70 bits per heavy atom. The third kappa shape index (κ3) is 4.88. The van der Waals surface area contributed by atoms with Gasteiger partial charge in [0.2, 0.25) is 0 Å². The fourth-order valence-electron chi connectivity index (χ4n) is 3.23. The number of hydrogen-bond acceptors (Lipinski definition) is 2. The summed E-state index contributed by atoms with van der Waals surface area (Å²) in [5.74, 6) is -0.441. The lowest BCUT2D eigenvalue weighted by atomic mass is 9.75. The van der Waals surface area contributed by atoms with Crippen LogP contribution in [-0.2, 0) is 9.53 Å². The molecular formula is C19H24F2O2. The summed E-state index contributed by atoms with van der Waals surface area (Å²) in [6, 6.07) is 3.25. The molecule has 1 aliphatic rings. The Kier molecular flexibility index (Phi) is 5.91. The van der Waals surface area contributed by atoms with E-state index < -0.39 is 17.6 Å². The molecule has 1 saturated carbocycles. The molecule has 2 nitrogen and oxygen atoms in total. The number of rotatable bonds is 4. The summed E-state index contributed by atoms with van der Waals surface area (Å²) in [5.41, 5.74) is 0.167. The Morgan fingerprint density at radius 1 is 1.30 bits per heavy atom. The maximum Gasteiger partial charge on any atom is 0.331 e. The van der Waals surface area contributed by atoms with Gasteiger partial charge >= 0.3 is 5.97 Å². The van der Waals surface area contributed by atoms with Gasteiger partial charge in [0.25, 0.3) is 0 Å². The van der Waals surface area contributed by atoms with Crippen LogP contribution in [0, 0.1) is 29.4 Å². The number of hydrogen-bond donors (Lipinski definition) is 0. The van der Waals surface area contributed by atoms with E-state index in [-0.39, 0.29) is 11.7 Å². The predicted molar refractivity (Wildman–Crippen MR) is 86.6 cm³/mol. The minimum atomic E-state index is -0.694. The van der Waals surface area contributed by atoms with Crippen molar-refractivity contribution in [1.29, 1.82) is 0 Å². The summed E-state index contributed by atoms with van der Waals surface area (Å²) >= 11 is 0. The molecule has 0 N–H and O–H groups in total. The summed E-state index contributed by atoms with van der Waals surface area (Å²) in [4.78, 5) is 12.0. The van der Waals surface area contributed by atoms with Gasteiger partial charge in [-0.05, 0) is 48.8 Å². The van der Waals surface area contributed by atoms with Crippen LogP contribution in [0.25, 0.3) is 6.08 Å². The molecule has 3 unspecified atom stereocenters. The van der Waals surface area contributed by atoms with Crippen molar-refractivity contribution in [3.63, 3.8) is 0 Å². The van der Waals surface area contributed by atoms with E-state index in [1.54, 1.807) is 0 Å². The van der Waals surface area contributed by atoms with Crippen LogP contribution in [-0.4, -0.2) is 12.1 Å². The highest BCUT2D eigenvalue weighted by Gasteiger charge is 2.32. The molecule has 0 aliphatic heterocycles. The zero-order valence-electron chi connectivity index (χ0n) is 13.9. The van der Waals surface area contributed by atoms with E-state index in [1.165, 1.54) is 18.2 Å². The summed E-state index contributed by atoms with van der Waals surface area (Å²) < 4.78 is 32.0. The van der Waals surface area contributed by atoms with Gasteiger partial charge in [-0.25, -0.2) is 13.6 Å². The van der Waals surface area contributed by atoms with Crippen LogP contribution in [0.4, 0.5) is 8.78 Å². The van der Waals surface area contributed by atoms with E-state index >= 15 is 0 Å². The lowest BCUT2D eigenvalue weighted by Gasteiger charge is -2.36. The van der Waals surface area contributed by atoms with Crippen molar-refractivity contribution in [1.82, 2.24) is 0 Å². The minimum Gasteiger partial charge on any atom is -0.459 e. The first-order valence-electron chi connectivity index (χ1n) is 8.20. The molecule has 0 heterocycles. The van der Waals surface area contributed by atoms with Crippen LogP contribution in [0.5, 0.6) is 0 Å². The van der Waals surface area contributed by atoms with Crippen molar-refractivity contribution >= 4 is 12.0 Å². The van der Waals surface area contributed by atoms with Crippen molar-refractivity contribution in [3.05, 3.63) is 41.5 Å². The molecule has 23 heavy (non-hydrogen) atoms. The van der Waals surface area contributed by atoms with Gasteiger partial charge in [0, 0.05) is 17.7 Å². The monoisotopic (exact) mass is 322 g/mol. The summed E-state index contributed by atoms with van der Waals surface area (Å²) in [5, 5.41) is 0. The smallest absolute Gasteiger partial charge is 0.331 e. The van der Waals surface area contributed by atoms with Crippen LogP contribution < -0.4 is 0 Å². The molecule has 0 bridgehead atoms. The number of ether oxygens (including phenoxy) is 1. The Morgan fingerprint density at radius 2 is 2.04 bits per heavy atom. The lowest BCUT2D eigenvalue weighted by Crippen LogP contribution is -2.35. The number of halogens is 2. The molecule has 0 aromatic heterocycles. The lowest BCUT2D eigenvalue weighted by molar-refractivity contribution is -0.149. The molecule has 0 amide bonds. The second kappa shape index (κ2) is 7.71. The molecule has 1 aliphatic carbocycles. The molecule has 1 aromatic rings. The molecular weight excluding hydrogens is 298 g/mol. The topological polar surface area (TPSA) is 26.3 Å². The van der Waals surface area contributed by atoms with E-state index in [9.17, 15) is 13.6 Å². The molecule has 2 rings (SSSR count). The molecule has 4 heteroatoms. The number of benzene rings is 1. The molecule has 1 aromatic carbocycles. The van der Waals surface area contributed by atoms with Crippen molar-refractivity contribution in [2.24, 2.45) is 17.8 Å². The van der Waals surface area contributed by atoms with Gasteiger partial charge in [0.15, 0.2) is 0 Å². The highest BCUT2D eigenvalue weighted by atomic mass is 19.1. The second-order valence-corrected chi connectivity index (χ2v) is 6.80. The van der Waals surface area contributed by atoms with Crippen LogP contribution in [0.15, 0.2) is 24.3 Å². The minimum absolute atomic E-state index is 0.0889. The molecule has 126 valence electrons. The van der Waals surface area contributed by atoms with Crippen LogP contribution in [0.1, 0.15) is 45.6 Å². The van der Waals surface area contributed by atoms with Crippen LogP contribution >= 0.6 is 0 Å². The van der Waals surface area contributed by atoms with Gasteiger partial charge in [-0.15, -0.1) is 0 Å². The average molecular weight is 322 g/mol. The molecule has 1 fully saturated rings. The largest absolute Gasteiger partial charge is 0.459 e. The van der Waals surface area contributed by atoms with Crippen molar-refractivity contribution in [2.75, 3.05) is 0 Å². The third-order valence-electron chi connectivity index (χ3n) is 4.59. The first-order valence-corrected chi connectivity index (χ1v) is 8.20. The van der Waals surface area contributed by atoms with E-state index in [0.717, 1.165) is 31.4 Å². The first-order chi connectivity index (χ1) is 10.9. The first kappa shape index (κ1) is 17.6. The third-order valence-corrected chi connectivity index (χ3v) is 4.59. The fourth-order valence-corrected chi connectivity index (χ4v) is 3.23. The average Bonchev–Trinajstić information content (AvgIpc) is 2.46. The second-order valence-electron chi connectivity index (χ2n) is 6.80. The van der Waals surface area contributed by atoms with Gasteiger partial charge < -0.3 is 4.74 Å². The Hall–Kier alpha value is -1.71. The highest BCUT2D eigenvalue weighted by molar-refractivity contribution is 5.87. The summed E-state index contributed by atoms with van der Waals surface area (Å²) in [6.07, 6.45) is 5.54. The SMILES string of the molecule is CC1CCC(C(C)C)C(OC(=O)C=Cc2ccc(F)cc2F)C1. The molecule has 0 spiro atoms. The maximum atomic E-state index is 13.5. The highest BCUT2D eigenvalue weighted by Crippen LogP contribution is 2.35. The zero-order valence-corrected chi connectivity index (χ0v) is 13.9. The Bertz CT molecular complexity index is 581. The van der Waals surface area contributed by atoms with Crippen molar-refractivity contribution < 1.29 is 18.3 Å². The number of carbonyl (C=O) groups excluding carboxylic acids is 1. The molecule has 0 radical (unpaired) electrons. The molecule has 3 atom stereocenters. The van der Waals surface area contributed by atoms with Crippen LogP contribution in [0.3, 0.4) is 0 Å². The van der Waals surface area contributed by atoms with Gasteiger partial charge in [-0.2, -0.15) is 0 Å². The van der Waals surface area contributed by atoms with Crippen molar-refractivity contribution in [3.8, 4) is 0 Å². The number of carbonyl (C=O) groups is 1. The standard InChI is InChI=1S/C19H24F2O2/c1-12(2)16-8-4-13(3)10-18(16)23-19(22)9-6-14-5-7-15(20)11-17(14)21/h5-7,9,11-13,16,18H,4,8,10H2,1-3H3. The zero-order chi connectivity index (χ0) is 17.0. The Labute approximate surface area is 136 Å². The van der Waals surface area contributed by atoms with E-state index in [2.05, 4.69) is 20.8 Å². The Balaban J connectivity index is 2.01. The normalized spacial score (nSPS) is 25.0. The van der Waals surface area contributed by atoms with Crippen LogP contribution in [0.2, 0.25) is 0 Å². The maximum absolute atomic E-state index is 13.5. The fraction of sp³-hybridized carbons (Fsp3) is 0.526. The van der Waals surface area contributed by atoms with Gasteiger partial charge in [-0.1, -0.05) is 27.2 Å². The summed E-state index contributed by atoms with van der Waals surface area (Å²) in [7, 11) is 0. The summed E-state index contributed by atoms with van der Waals surface area (Å²) in [6.45, 7) is 6.46. The van der Waals surface area contributed by atoms with E-state index in [0.29, 0.717) is 17.8 Å². The predicted octanol–water partition coefficient (Wildman–Crippen LogP) is 4.98. The quantitative estimate of drug-likeness (QED) is 0.577. The van der Waals surface area contributed by atoms with Crippen molar-refractivity contribution in [2.45, 2.75) is 46.1 Å². The van der Waals surface area contributed by atoms with Gasteiger partial charge in [-0.3, -0.25) is 0 Å². The van der Waals surface area contributed by atoms with E-state index in [4.69, 9.17) is 4.74 Å². The number of esters is 1. The van der Waals surface area contributed by atoms with Gasteiger partial charge in [0.1, 0.15) is 17.7 Å². The van der Waals surface area contributed by atoms with E-state index in [1.807, 2.05) is 0 Å². The molecule has 0 saturated heterocycles. The van der Waals surface area contributed by atoms with Gasteiger partial charge in [0.05, 0.1) is 0 Å².